The van der Waals surface area contributed by atoms with Gasteiger partial charge in [-0.2, -0.15) is 0 Å². The normalized spacial score (nSPS) is 60.5. The molecule has 23 heavy (non-hydrogen) atoms. The van der Waals surface area contributed by atoms with Gasteiger partial charge in [0.25, 0.3) is 0 Å². The summed E-state index contributed by atoms with van der Waals surface area (Å²) < 4.78 is 6.38. The highest BCUT2D eigenvalue weighted by Crippen LogP contribution is 2.36. The largest absolute Gasteiger partial charge is 0.370 e. The van der Waals surface area contributed by atoms with Crippen LogP contribution < -0.4 is 16.0 Å². The van der Waals surface area contributed by atoms with E-state index in [-0.39, 0.29) is 0 Å². The first kappa shape index (κ1) is 14.0. The van der Waals surface area contributed by atoms with E-state index in [1.807, 2.05) is 0 Å². The van der Waals surface area contributed by atoms with Crippen molar-refractivity contribution in [3.05, 3.63) is 0 Å². The zero-order valence-corrected chi connectivity index (χ0v) is 13.8. The molecule has 6 heteroatoms. The average Bonchev–Trinajstić information content (AvgIpc) is 3.31. The smallest absolute Gasteiger partial charge is 0.0900 e. The Kier molecular flexibility index (Phi) is 3.12. The lowest BCUT2D eigenvalue weighted by Crippen LogP contribution is -2.76. The molecule has 0 radical (unpaired) electrons. The summed E-state index contributed by atoms with van der Waals surface area (Å²) in [5, 5.41) is 11.4. The second kappa shape index (κ2) is 5.13. The predicted octanol–water partition coefficient (Wildman–Crippen LogP) is -1.42. The van der Waals surface area contributed by atoms with Crippen LogP contribution in [0.4, 0.5) is 0 Å². The minimum Gasteiger partial charge on any atom is -0.370 e. The van der Waals surface area contributed by atoms with Crippen LogP contribution in [0.2, 0.25) is 0 Å². The standard InChI is InChI=1S/C17H29N5O/c1-2-12-16(19-6-10(1)20-12)14-8-21-3-4-22(14)15(9-21)17-13-5-11(23-17)7-18-13/h10-20H,1-9H2. The number of nitrogens with one attached hydrogen (secondary N) is 3. The highest BCUT2D eigenvalue weighted by atomic mass is 16.5. The van der Waals surface area contributed by atoms with E-state index in [0.29, 0.717) is 42.4 Å². The molecule has 10 atom stereocenters. The average molecular weight is 319 g/mol. The van der Waals surface area contributed by atoms with E-state index in [0.717, 1.165) is 19.1 Å². The monoisotopic (exact) mass is 319 g/mol. The van der Waals surface area contributed by atoms with Gasteiger partial charge in [-0.15, -0.1) is 0 Å². The first-order valence-corrected chi connectivity index (χ1v) is 9.71. The fraction of sp³-hybridized carbons (Fsp3) is 1.00. The molecular weight excluding hydrogens is 290 g/mol. The quantitative estimate of drug-likeness (QED) is 0.581. The number of morpholine rings is 1. The van der Waals surface area contributed by atoms with E-state index in [2.05, 4.69) is 25.8 Å². The van der Waals surface area contributed by atoms with Gasteiger partial charge in [-0.1, -0.05) is 0 Å². The number of fused-ring (bicyclic) bond motifs is 7. The predicted molar refractivity (Wildman–Crippen MR) is 87.5 cm³/mol. The Bertz CT molecular complexity index is 490. The SMILES string of the molecule is C1CC2NC1CNC2C1CN2CCN1C(C1OC3CNC1C3)C2. The van der Waals surface area contributed by atoms with Crippen molar-refractivity contribution >= 4 is 0 Å². The molecule has 0 aromatic carbocycles. The van der Waals surface area contributed by atoms with Gasteiger partial charge in [0.05, 0.1) is 18.2 Å². The summed E-state index contributed by atoms with van der Waals surface area (Å²) in [6, 6.07) is 3.86. The summed E-state index contributed by atoms with van der Waals surface area (Å²) >= 11 is 0. The topological polar surface area (TPSA) is 51.8 Å². The van der Waals surface area contributed by atoms with Crippen LogP contribution in [0.1, 0.15) is 19.3 Å². The van der Waals surface area contributed by atoms with Crippen molar-refractivity contribution < 1.29 is 4.74 Å². The second-order valence-electron chi connectivity index (χ2n) is 8.59. The maximum Gasteiger partial charge on any atom is 0.0900 e. The Morgan fingerprint density at radius 1 is 0.913 bits per heavy atom. The Morgan fingerprint density at radius 3 is 2.70 bits per heavy atom. The maximum absolute atomic E-state index is 6.38. The molecule has 0 aromatic rings. The Morgan fingerprint density at radius 2 is 1.87 bits per heavy atom. The van der Waals surface area contributed by atoms with Gasteiger partial charge in [-0.3, -0.25) is 9.80 Å². The van der Waals surface area contributed by atoms with Gasteiger partial charge < -0.3 is 20.7 Å². The molecule has 7 aliphatic heterocycles. The zero-order chi connectivity index (χ0) is 15.0. The van der Waals surface area contributed by atoms with Gasteiger partial charge >= 0.3 is 0 Å². The molecule has 10 unspecified atom stereocenters. The summed E-state index contributed by atoms with van der Waals surface area (Å²) in [7, 11) is 0. The lowest BCUT2D eigenvalue weighted by molar-refractivity contribution is -0.117. The lowest BCUT2D eigenvalue weighted by Gasteiger charge is -2.57. The van der Waals surface area contributed by atoms with E-state index in [9.17, 15) is 0 Å². The summed E-state index contributed by atoms with van der Waals surface area (Å²) in [6.45, 7) is 7.14. The molecule has 7 saturated heterocycles. The van der Waals surface area contributed by atoms with Gasteiger partial charge in [0.1, 0.15) is 0 Å². The molecule has 0 aromatic heterocycles. The highest BCUT2D eigenvalue weighted by molar-refractivity contribution is 5.11. The number of nitrogens with zero attached hydrogens (tertiary/aromatic N) is 2. The molecule has 128 valence electrons. The summed E-state index contributed by atoms with van der Waals surface area (Å²) in [5.41, 5.74) is 0. The van der Waals surface area contributed by atoms with Crippen LogP contribution in [-0.4, -0.2) is 97.5 Å². The van der Waals surface area contributed by atoms with Gasteiger partial charge in [0.2, 0.25) is 0 Å². The van der Waals surface area contributed by atoms with Crippen molar-refractivity contribution in [2.45, 2.75) is 67.7 Å². The molecular formula is C17H29N5O. The van der Waals surface area contributed by atoms with Crippen LogP contribution in [0.5, 0.6) is 0 Å². The first-order chi connectivity index (χ1) is 11.3. The minimum absolute atomic E-state index is 0.409. The zero-order valence-electron chi connectivity index (χ0n) is 13.8. The maximum atomic E-state index is 6.38. The Hall–Kier alpha value is -0.240. The molecule has 0 saturated carbocycles. The highest BCUT2D eigenvalue weighted by Gasteiger charge is 2.53. The van der Waals surface area contributed by atoms with Crippen molar-refractivity contribution in [2.75, 3.05) is 39.3 Å². The fourth-order valence-electron chi connectivity index (χ4n) is 6.32. The van der Waals surface area contributed by atoms with E-state index in [1.165, 1.54) is 45.4 Å². The molecule has 7 fully saturated rings. The van der Waals surface area contributed by atoms with Gasteiger partial charge in [0.15, 0.2) is 0 Å². The third-order valence-electron chi connectivity index (χ3n) is 7.39. The molecule has 6 nitrogen and oxygen atoms in total. The number of rotatable bonds is 2. The van der Waals surface area contributed by atoms with E-state index in [1.54, 1.807) is 0 Å². The number of hydrogen-bond donors (Lipinski definition) is 3. The number of piperazine rings is 4. The van der Waals surface area contributed by atoms with Crippen molar-refractivity contribution in [2.24, 2.45) is 0 Å². The molecule has 0 aliphatic carbocycles. The van der Waals surface area contributed by atoms with Crippen LogP contribution >= 0.6 is 0 Å². The van der Waals surface area contributed by atoms with Crippen molar-refractivity contribution in [3.8, 4) is 0 Å². The van der Waals surface area contributed by atoms with Gasteiger partial charge in [0, 0.05) is 69.5 Å². The molecule has 6 bridgehead atoms. The molecule has 0 amide bonds. The Labute approximate surface area is 138 Å². The molecule has 7 heterocycles. The van der Waals surface area contributed by atoms with Crippen LogP contribution in [-0.2, 0) is 4.74 Å². The third-order valence-corrected chi connectivity index (χ3v) is 7.39. The lowest BCUT2D eigenvalue weighted by atomic mass is 9.88. The summed E-state index contributed by atoms with van der Waals surface area (Å²) in [5.74, 6) is 0. The van der Waals surface area contributed by atoms with Crippen molar-refractivity contribution in [3.63, 3.8) is 0 Å². The molecule has 0 spiro atoms. The van der Waals surface area contributed by atoms with Gasteiger partial charge in [-0.05, 0) is 19.3 Å². The van der Waals surface area contributed by atoms with Gasteiger partial charge in [-0.25, -0.2) is 0 Å². The van der Waals surface area contributed by atoms with E-state index in [4.69, 9.17) is 4.74 Å². The van der Waals surface area contributed by atoms with Crippen molar-refractivity contribution in [1.82, 2.24) is 25.8 Å². The number of hydrogen-bond acceptors (Lipinski definition) is 6. The molecule has 7 aliphatic rings. The first-order valence-electron chi connectivity index (χ1n) is 9.71. The van der Waals surface area contributed by atoms with E-state index >= 15 is 0 Å². The van der Waals surface area contributed by atoms with E-state index < -0.39 is 0 Å². The van der Waals surface area contributed by atoms with Crippen LogP contribution in [0.25, 0.3) is 0 Å². The van der Waals surface area contributed by atoms with Crippen molar-refractivity contribution in [1.29, 1.82) is 0 Å². The number of ether oxygens (including phenoxy) is 1. The minimum atomic E-state index is 0.409. The second-order valence-corrected chi connectivity index (χ2v) is 8.59. The third kappa shape index (κ3) is 2.09. The fourth-order valence-corrected chi connectivity index (χ4v) is 6.32. The summed E-state index contributed by atoms with van der Waals surface area (Å²) in [4.78, 5) is 5.53. The van der Waals surface area contributed by atoms with Crippen LogP contribution in [0.3, 0.4) is 0 Å². The molecule has 3 N–H and O–H groups in total. The Balaban J connectivity index is 1.25. The van der Waals surface area contributed by atoms with Crippen LogP contribution in [0, 0.1) is 0 Å². The molecule has 7 rings (SSSR count). The van der Waals surface area contributed by atoms with Crippen LogP contribution in [0.15, 0.2) is 0 Å². The summed E-state index contributed by atoms with van der Waals surface area (Å²) in [6.07, 6.45) is 4.82.